The number of amides is 1. The van der Waals surface area contributed by atoms with Gasteiger partial charge in [-0.1, -0.05) is 0 Å². The van der Waals surface area contributed by atoms with Gasteiger partial charge in [-0.15, -0.1) is 0 Å². The standard InChI is InChI=1S/C11H13FN2O3/c12-9-7-8(1-2-10(9)15)13-3-5-14(6-4-13)11(16)17/h1-2,7,15H,3-6H2,(H,16,17). The Hall–Kier alpha value is -1.98. The summed E-state index contributed by atoms with van der Waals surface area (Å²) < 4.78 is 13.2. The third-order valence-corrected chi connectivity index (χ3v) is 2.85. The topological polar surface area (TPSA) is 64.0 Å². The van der Waals surface area contributed by atoms with Crippen molar-refractivity contribution in [3.63, 3.8) is 0 Å². The summed E-state index contributed by atoms with van der Waals surface area (Å²) in [4.78, 5) is 13.9. The summed E-state index contributed by atoms with van der Waals surface area (Å²) in [6.07, 6.45) is -0.929. The number of anilines is 1. The van der Waals surface area contributed by atoms with Gasteiger partial charge < -0.3 is 20.0 Å². The Labute approximate surface area is 97.7 Å². The summed E-state index contributed by atoms with van der Waals surface area (Å²) in [6, 6.07) is 4.18. The molecule has 1 fully saturated rings. The van der Waals surface area contributed by atoms with Crippen LogP contribution in [0.25, 0.3) is 0 Å². The van der Waals surface area contributed by atoms with Gasteiger partial charge >= 0.3 is 6.09 Å². The highest BCUT2D eigenvalue weighted by molar-refractivity contribution is 5.65. The highest BCUT2D eigenvalue weighted by Gasteiger charge is 2.20. The molecule has 1 aromatic carbocycles. The first kappa shape index (κ1) is 11.5. The molecule has 1 saturated heterocycles. The first-order valence-electron chi connectivity index (χ1n) is 5.29. The molecular weight excluding hydrogens is 227 g/mol. The predicted molar refractivity (Wildman–Crippen MR) is 59.9 cm³/mol. The van der Waals surface area contributed by atoms with E-state index in [0.717, 1.165) is 0 Å². The minimum Gasteiger partial charge on any atom is -0.505 e. The average Bonchev–Trinajstić information content (AvgIpc) is 2.33. The second kappa shape index (κ2) is 4.48. The molecule has 92 valence electrons. The van der Waals surface area contributed by atoms with E-state index in [-0.39, 0.29) is 5.75 Å². The van der Waals surface area contributed by atoms with Gasteiger partial charge in [0.15, 0.2) is 11.6 Å². The van der Waals surface area contributed by atoms with Crippen molar-refractivity contribution in [3.05, 3.63) is 24.0 Å². The van der Waals surface area contributed by atoms with Gasteiger partial charge in [0.05, 0.1) is 0 Å². The van der Waals surface area contributed by atoms with Crippen LogP contribution in [0.1, 0.15) is 0 Å². The van der Waals surface area contributed by atoms with E-state index in [1.165, 1.54) is 17.0 Å². The number of rotatable bonds is 1. The summed E-state index contributed by atoms with van der Waals surface area (Å²) in [5.74, 6) is -1.04. The molecule has 0 spiro atoms. The number of nitrogens with zero attached hydrogens (tertiary/aromatic N) is 2. The number of piperazine rings is 1. The summed E-state index contributed by atoms with van der Waals surface area (Å²) >= 11 is 0. The maximum absolute atomic E-state index is 13.2. The maximum atomic E-state index is 13.2. The van der Waals surface area contributed by atoms with Crippen LogP contribution in [-0.2, 0) is 0 Å². The first-order chi connectivity index (χ1) is 8.08. The number of hydrogen-bond acceptors (Lipinski definition) is 3. The quantitative estimate of drug-likeness (QED) is 0.777. The molecule has 1 heterocycles. The molecule has 5 nitrogen and oxygen atoms in total. The van der Waals surface area contributed by atoms with Crippen molar-refractivity contribution in [2.45, 2.75) is 0 Å². The summed E-state index contributed by atoms with van der Waals surface area (Å²) in [5, 5.41) is 17.9. The molecule has 2 rings (SSSR count). The van der Waals surface area contributed by atoms with Gasteiger partial charge in [-0.3, -0.25) is 0 Å². The van der Waals surface area contributed by atoms with Crippen molar-refractivity contribution in [1.82, 2.24) is 4.90 Å². The van der Waals surface area contributed by atoms with Gasteiger partial charge in [0.2, 0.25) is 0 Å². The molecule has 6 heteroatoms. The van der Waals surface area contributed by atoms with Crippen LogP contribution >= 0.6 is 0 Å². The SMILES string of the molecule is O=C(O)N1CCN(c2ccc(O)c(F)c2)CC1. The van der Waals surface area contributed by atoms with Gasteiger partial charge in [-0.2, -0.15) is 0 Å². The molecule has 0 bridgehead atoms. The number of carboxylic acid groups (broad SMARTS) is 1. The summed E-state index contributed by atoms with van der Waals surface area (Å²) in [7, 11) is 0. The van der Waals surface area contributed by atoms with E-state index in [9.17, 15) is 9.18 Å². The molecule has 0 aromatic heterocycles. The average molecular weight is 240 g/mol. The van der Waals surface area contributed by atoms with Gasteiger partial charge in [-0.05, 0) is 12.1 Å². The molecule has 1 aliphatic rings. The van der Waals surface area contributed by atoms with Gasteiger partial charge in [0, 0.05) is 37.9 Å². The Morgan fingerprint density at radius 3 is 2.41 bits per heavy atom. The predicted octanol–water partition coefficient (Wildman–Crippen LogP) is 1.33. The number of halogens is 1. The lowest BCUT2D eigenvalue weighted by Gasteiger charge is -2.34. The van der Waals surface area contributed by atoms with Crippen LogP contribution in [0, 0.1) is 5.82 Å². The molecule has 0 aliphatic carbocycles. The third-order valence-electron chi connectivity index (χ3n) is 2.85. The first-order valence-corrected chi connectivity index (χ1v) is 5.29. The zero-order valence-electron chi connectivity index (χ0n) is 9.14. The Balaban J connectivity index is 2.05. The van der Waals surface area contributed by atoms with Gasteiger partial charge in [-0.25, -0.2) is 9.18 Å². The van der Waals surface area contributed by atoms with E-state index < -0.39 is 11.9 Å². The van der Waals surface area contributed by atoms with Crippen LogP contribution < -0.4 is 4.90 Å². The van der Waals surface area contributed by atoms with Crippen LogP contribution in [-0.4, -0.2) is 47.4 Å². The Kier molecular flexibility index (Phi) is 3.03. The van der Waals surface area contributed by atoms with Crippen molar-refractivity contribution in [1.29, 1.82) is 0 Å². The molecule has 0 unspecified atom stereocenters. The number of benzene rings is 1. The summed E-state index contributed by atoms with van der Waals surface area (Å²) in [6.45, 7) is 1.85. The van der Waals surface area contributed by atoms with Crippen LogP contribution in [0.4, 0.5) is 14.9 Å². The van der Waals surface area contributed by atoms with Crippen LogP contribution in [0.15, 0.2) is 18.2 Å². The van der Waals surface area contributed by atoms with E-state index in [0.29, 0.717) is 31.9 Å². The molecule has 0 saturated carbocycles. The molecule has 0 atom stereocenters. The lowest BCUT2D eigenvalue weighted by atomic mass is 10.2. The molecule has 17 heavy (non-hydrogen) atoms. The smallest absolute Gasteiger partial charge is 0.407 e. The third kappa shape index (κ3) is 2.41. The van der Waals surface area contributed by atoms with Crippen LogP contribution in [0.3, 0.4) is 0 Å². The second-order valence-electron chi connectivity index (χ2n) is 3.89. The van der Waals surface area contributed by atoms with Crippen molar-refractivity contribution in [2.75, 3.05) is 31.1 Å². The fourth-order valence-corrected chi connectivity index (χ4v) is 1.85. The molecule has 2 N–H and O–H groups in total. The minimum atomic E-state index is -0.929. The van der Waals surface area contributed by atoms with Gasteiger partial charge in [0.25, 0.3) is 0 Å². The summed E-state index contributed by atoms with van der Waals surface area (Å²) in [5.41, 5.74) is 0.658. The van der Waals surface area contributed by atoms with E-state index in [1.807, 2.05) is 4.90 Å². The molecule has 1 aromatic rings. The van der Waals surface area contributed by atoms with E-state index in [1.54, 1.807) is 6.07 Å². The van der Waals surface area contributed by atoms with Crippen molar-refractivity contribution in [2.24, 2.45) is 0 Å². The monoisotopic (exact) mass is 240 g/mol. The second-order valence-corrected chi connectivity index (χ2v) is 3.89. The van der Waals surface area contributed by atoms with Crippen molar-refractivity contribution < 1.29 is 19.4 Å². The normalized spacial score (nSPS) is 16.1. The lowest BCUT2D eigenvalue weighted by molar-refractivity contribution is 0.142. The number of hydrogen-bond donors (Lipinski definition) is 2. The number of carbonyl (C=O) groups is 1. The highest BCUT2D eigenvalue weighted by atomic mass is 19.1. The van der Waals surface area contributed by atoms with E-state index >= 15 is 0 Å². The number of phenolic OH excluding ortho intramolecular Hbond substituents is 1. The van der Waals surface area contributed by atoms with E-state index in [2.05, 4.69) is 0 Å². The Morgan fingerprint density at radius 1 is 1.24 bits per heavy atom. The molecular formula is C11H13FN2O3. The highest BCUT2D eigenvalue weighted by Crippen LogP contribution is 2.23. The van der Waals surface area contributed by atoms with Crippen molar-refractivity contribution in [3.8, 4) is 5.75 Å². The molecule has 1 amide bonds. The largest absolute Gasteiger partial charge is 0.505 e. The van der Waals surface area contributed by atoms with Crippen LogP contribution in [0.2, 0.25) is 0 Å². The Morgan fingerprint density at radius 2 is 1.88 bits per heavy atom. The fraction of sp³-hybridized carbons (Fsp3) is 0.364. The lowest BCUT2D eigenvalue weighted by Crippen LogP contribution is -2.48. The van der Waals surface area contributed by atoms with Crippen molar-refractivity contribution >= 4 is 11.8 Å². The zero-order valence-corrected chi connectivity index (χ0v) is 9.14. The number of aromatic hydroxyl groups is 1. The van der Waals surface area contributed by atoms with Gasteiger partial charge in [0.1, 0.15) is 0 Å². The molecule has 1 aliphatic heterocycles. The van der Waals surface area contributed by atoms with Crippen LogP contribution in [0.5, 0.6) is 5.75 Å². The fourth-order valence-electron chi connectivity index (χ4n) is 1.85. The number of phenols is 1. The van der Waals surface area contributed by atoms with E-state index in [4.69, 9.17) is 10.2 Å². The minimum absolute atomic E-state index is 0.377. The molecule has 0 radical (unpaired) electrons. The Bertz CT molecular complexity index is 431. The zero-order chi connectivity index (χ0) is 12.4. The maximum Gasteiger partial charge on any atom is 0.407 e.